The number of phenols is 8. The normalized spacial score (nSPS) is 14.1. The van der Waals surface area contributed by atoms with Crippen molar-refractivity contribution in [2.45, 2.75) is 0 Å². The third-order valence-corrected chi connectivity index (χ3v) is 22.8. The van der Waals surface area contributed by atoms with Gasteiger partial charge in [-0.3, -0.25) is 19.2 Å². The highest BCUT2D eigenvalue weighted by molar-refractivity contribution is 6.43. The molecule has 4 aliphatic rings. The summed E-state index contributed by atoms with van der Waals surface area (Å²) in [6.07, 6.45) is 0. The van der Waals surface area contributed by atoms with Crippen LogP contribution in [0.25, 0.3) is 174 Å². The molecule has 0 unspecified atom stereocenters. The van der Waals surface area contributed by atoms with Crippen LogP contribution < -0.4 is 11.7 Å². The third kappa shape index (κ3) is 8.24. The number of esters is 4. The first-order valence-electron chi connectivity index (χ1n) is 35.2. The van der Waals surface area contributed by atoms with Gasteiger partial charge in [0.1, 0.15) is 46.0 Å². The van der Waals surface area contributed by atoms with Crippen LogP contribution in [0.4, 0.5) is 0 Å². The van der Waals surface area contributed by atoms with E-state index < -0.39 is 47.5 Å². The predicted octanol–water partition coefficient (Wildman–Crippen LogP) is 13.1. The van der Waals surface area contributed by atoms with Gasteiger partial charge in [0.15, 0.2) is 0 Å². The summed E-state index contributed by atoms with van der Waals surface area (Å²) >= 11 is 0. The number of amides is 4. The highest BCUT2D eigenvalue weighted by Crippen LogP contribution is 2.52. The van der Waals surface area contributed by atoms with E-state index in [0.29, 0.717) is 163 Å². The van der Waals surface area contributed by atoms with Gasteiger partial charge in [-0.1, -0.05) is 48.5 Å². The largest absolute Gasteiger partial charge is 0.508 e. The highest BCUT2D eigenvalue weighted by atomic mass is 16.6. The molecular weight excluding hydrogens is 1460 g/mol. The van der Waals surface area contributed by atoms with Crippen molar-refractivity contribution < 1.29 is 88.7 Å². The van der Waals surface area contributed by atoms with Crippen LogP contribution in [-0.4, -0.2) is 137 Å². The van der Waals surface area contributed by atoms with Crippen LogP contribution in [0.1, 0.15) is 82.9 Å². The quantitative estimate of drug-likeness (QED) is 0.0220. The van der Waals surface area contributed by atoms with Gasteiger partial charge in [0.2, 0.25) is 0 Å². The fourth-order valence-corrected chi connectivity index (χ4v) is 18.3. The zero-order valence-electron chi connectivity index (χ0n) is 59.4. The SMILES string of the molecule is Cn1c2c(O)cccc2c2c3c(c4c5cccc(O)c5[nH]c4c21)C(=O)N(N)C3=O.Cn1c2c(O)cccc2c2c3c(c4c5cccc(O)c5[nH]c4c21)C(=O)OC3=O.Cn1c2cc(O)ccc2c2c3c(c4c5ccc(O)cc5[nH]c4c21)C(=O)N(N)C3=O.Cn1c2cc(O)ccc2c2c3c(c4c5ccc(O)cc5[nH]c4c21)C(=O)OC3=O. The number of ether oxygens (including phenoxy) is 2. The summed E-state index contributed by atoms with van der Waals surface area (Å²) in [6, 6.07) is 39.5. The molecule has 114 heavy (non-hydrogen) atoms. The molecule has 20 aromatic rings. The number of nitrogens with zero attached hydrogens (tertiary/aromatic N) is 6. The van der Waals surface area contributed by atoms with Gasteiger partial charge in [-0.15, -0.1) is 0 Å². The van der Waals surface area contributed by atoms with Crippen molar-refractivity contribution in [1.29, 1.82) is 0 Å². The van der Waals surface area contributed by atoms with Gasteiger partial charge in [-0.05, 0) is 72.8 Å². The lowest BCUT2D eigenvalue weighted by atomic mass is 9.96. The van der Waals surface area contributed by atoms with Crippen molar-refractivity contribution in [2.24, 2.45) is 39.9 Å². The first-order valence-corrected chi connectivity index (χ1v) is 35.2. The second kappa shape index (κ2) is 22.3. The van der Waals surface area contributed by atoms with Crippen LogP contribution in [0.2, 0.25) is 0 Å². The number of para-hydroxylation sites is 4. The molecule has 0 fully saturated rings. The number of aromatic amines is 4. The van der Waals surface area contributed by atoms with Crippen molar-refractivity contribution in [3.05, 3.63) is 190 Å². The molecule has 16 N–H and O–H groups in total. The molecule has 556 valence electrons. The Morgan fingerprint density at radius 1 is 0.272 bits per heavy atom. The number of aryl methyl sites for hydroxylation is 4. The molecule has 30 heteroatoms. The number of H-pyrrole nitrogens is 4. The number of carbonyl (C=O) groups excluding carboxylic acids is 8. The van der Waals surface area contributed by atoms with Gasteiger partial charge in [0.05, 0.1) is 133 Å². The summed E-state index contributed by atoms with van der Waals surface area (Å²) in [5, 5.41) is 92.4. The van der Waals surface area contributed by atoms with Crippen LogP contribution in [0.15, 0.2) is 146 Å². The molecule has 4 amide bonds. The first kappa shape index (κ1) is 66.1. The Bertz CT molecular complexity index is 8200. The van der Waals surface area contributed by atoms with E-state index in [4.69, 9.17) is 21.2 Å². The van der Waals surface area contributed by atoms with E-state index in [0.717, 1.165) is 21.8 Å². The van der Waals surface area contributed by atoms with Gasteiger partial charge in [-0.25, -0.2) is 40.9 Å². The molecule has 12 heterocycles. The Morgan fingerprint density at radius 2 is 0.553 bits per heavy atom. The Balaban J connectivity index is 0.0000000955. The number of nitrogens with two attached hydrogens (primary N) is 2. The number of fused-ring (bicyclic) bond motifs is 40. The van der Waals surface area contributed by atoms with Gasteiger partial charge in [0, 0.05) is 139 Å². The molecule has 0 radical (unpaired) electrons. The number of imide groups is 2. The van der Waals surface area contributed by atoms with E-state index in [1.165, 1.54) is 12.1 Å². The number of hydrazine groups is 2. The maximum Gasteiger partial charge on any atom is 0.347 e. The Hall–Kier alpha value is -16.1. The molecule has 0 saturated carbocycles. The van der Waals surface area contributed by atoms with E-state index in [1.54, 1.807) is 157 Å². The second-order valence-corrected chi connectivity index (χ2v) is 28.6. The minimum absolute atomic E-state index is 0.0311. The van der Waals surface area contributed by atoms with Crippen LogP contribution in [-0.2, 0) is 37.7 Å². The lowest BCUT2D eigenvalue weighted by Gasteiger charge is -2.04. The van der Waals surface area contributed by atoms with Gasteiger partial charge in [-0.2, -0.15) is 0 Å². The minimum Gasteiger partial charge on any atom is -0.508 e. The topological polar surface area (TPSA) is 458 Å². The molecule has 0 aliphatic carbocycles. The molecule has 30 nitrogen and oxygen atoms in total. The molecule has 4 aliphatic heterocycles. The van der Waals surface area contributed by atoms with E-state index in [2.05, 4.69) is 19.9 Å². The maximum atomic E-state index is 13.0. The Kier molecular flexibility index (Phi) is 12.9. The maximum absolute atomic E-state index is 13.0. The van der Waals surface area contributed by atoms with E-state index in [-0.39, 0.29) is 90.5 Å². The molecule has 8 aromatic heterocycles. The lowest BCUT2D eigenvalue weighted by molar-refractivity contribution is 0.0427. The number of hydrogen-bond donors (Lipinski definition) is 14. The number of benzene rings is 12. The zero-order valence-corrected chi connectivity index (χ0v) is 59.4. The van der Waals surface area contributed by atoms with Crippen molar-refractivity contribution in [2.75, 3.05) is 0 Å². The molecule has 12 aromatic carbocycles. The number of rotatable bonds is 0. The molecule has 0 spiro atoms. The fraction of sp³-hybridized carbons (Fsp3) is 0.0476. The monoisotopic (exact) mass is 1520 g/mol. The third-order valence-electron chi connectivity index (χ3n) is 22.8. The van der Waals surface area contributed by atoms with Gasteiger partial charge in [0.25, 0.3) is 23.6 Å². The number of hydrogen-bond acceptors (Lipinski definition) is 20. The van der Waals surface area contributed by atoms with Crippen molar-refractivity contribution >= 4 is 222 Å². The average Bonchev–Trinajstić information content (AvgIpc) is 1.55. The number of carbonyl (C=O) groups is 8. The zero-order chi connectivity index (χ0) is 79.0. The lowest BCUT2D eigenvalue weighted by Crippen LogP contribution is -2.36. The Labute approximate surface area is 631 Å². The van der Waals surface area contributed by atoms with Crippen LogP contribution >= 0.6 is 0 Å². The second-order valence-electron chi connectivity index (χ2n) is 28.6. The smallest absolute Gasteiger partial charge is 0.347 e. The molecule has 0 bridgehead atoms. The Morgan fingerprint density at radius 3 is 0.956 bits per heavy atom. The first-order chi connectivity index (χ1) is 54.7. The van der Waals surface area contributed by atoms with Crippen molar-refractivity contribution in [3.63, 3.8) is 0 Å². The summed E-state index contributed by atoms with van der Waals surface area (Å²) < 4.78 is 17.2. The van der Waals surface area contributed by atoms with Crippen LogP contribution in [0, 0.1) is 0 Å². The number of aromatic hydroxyl groups is 8. The summed E-state index contributed by atoms with van der Waals surface area (Å²) in [5.74, 6) is 7.05. The van der Waals surface area contributed by atoms with Gasteiger partial charge >= 0.3 is 23.9 Å². The summed E-state index contributed by atoms with van der Waals surface area (Å²) in [6.45, 7) is 0. The molecule has 24 rings (SSSR count). The minimum atomic E-state index is -0.715. The average molecular weight is 1520 g/mol. The number of nitrogens with one attached hydrogen (secondary N) is 4. The summed E-state index contributed by atoms with van der Waals surface area (Å²) in [5.41, 5.74) is 11.7. The predicted molar refractivity (Wildman–Crippen MR) is 421 cm³/mol. The number of aromatic nitrogens is 8. The van der Waals surface area contributed by atoms with E-state index >= 15 is 0 Å². The highest BCUT2D eigenvalue weighted by Gasteiger charge is 2.44. The van der Waals surface area contributed by atoms with Gasteiger partial charge < -0.3 is 88.5 Å². The van der Waals surface area contributed by atoms with Crippen molar-refractivity contribution in [1.82, 2.24) is 48.2 Å². The van der Waals surface area contributed by atoms with E-state index in [1.807, 2.05) is 23.2 Å². The van der Waals surface area contributed by atoms with Crippen molar-refractivity contribution in [3.8, 4) is 46.0 Å². The fourth-order valence-electron chi connectivity index (χ4n) is 18.3. The van der Waals surface area contributed by atoms with E-state index in [9.17, 15) is 79.2 Å². The standard InChI is InChI=1S/2C21H14N4O4.2C21H12N2O5/c1-24-13-7-9(27)3-5-11(13)15-17-16(20(28)25(22)21(17)29)14-10-4-2-8(26)6-12(10)23-18(14)19(15)24;1-24-18-9(5-3-7-11(18)27)13-15-14(20(28)25(22)21(15)29)12-8-4-2-6-10(26)16(8)23-17(12)19(13)24;1-23-13-7-9(25)3-5-11(13)15-17-16(20(26)28-21(17)27)14-10-4-2-8(24)6-12(10)22-18(14)19(15)23;1-23-18-9(5-3-7-11(18)25)13-15-14(20(26)28-21(15)27)12-8-4-2-6-10(24)16(8)22-17(12)19(13)23/h2*2-7,23,26-27H,22H2,1H3;2*2-7,22,24-25H,1H3. The summed E-state index contributed by atoms with van der Waals surface area (Å²) in [7, 11) is 7.23. The summed E-state index contributed by atoms with van der Waals surface area (Å²) in [4.78, 5) is 115. The van der Waals surface area contributed by atoms with Crippen LogP contribution in [0.5, 0.6) is 46.0 Å². The molecule has 0 atom stereocenters. The number of cyclic esters (lactones) is 4. The number of phenolic OH excluding ortho intramolecular Hbond substituents is 8. The molecular formula is C84H52N12O18. The van der Waals surface area contributed by atoms with Crippen LogP contribution in [0.3, 0.4) is 0 Å². The molecule has 0 saturated heterocycles.